The molecule has 162 valence electrons. The maximum Gasteiger partial charge on any atom is 0.253 e. The molecule has 0 fully saturated rings. The van der Waals surface area contributed by atoms with Crippen molar-refractivity contribution in [2.75, 3.05) is 7.11 Å². The molecule has 0 N–H and O–H groups in total. The molecule has 0 atom stereocenters. The fourth-order valence-corrected chi connectivity index (χ4v) is 3.54. The lowest BCUT2D eigenvalue weighted by Crippen LogP contribution is -2.58. The van der Waals surface area contributed by atoms with Gasteiger partial charge in [-0.05, 0) is 47.4 Å². The van der Waals surface area contributed by atoms with Gasteiger partial charge in [-0.15, -0.1) is 0 Å². The first kappa shape index (κ1) is 22.6. The van der Waals surface area contributed by atoms with E-state index in [2.05, 4.69) is 0 Å². The maximum atomic E-state index is 14.8. The minimum Gasteiger partial charge on any atom is -0.494 e. The minimum atomic E-state index is -1.93. The summed E-state index contributed by atoms with van der Waals surface area (Å²) in [5.74, 6) is -11.9. The average Bonchev–Trinajstić information content (AvgIpc) is 2.70. The van der Waals surface area contributed by atoms with Crippen molar-refractivity contribution in [3.05, 3.63) is 81.9 Å². The van der Waals surface area contributed by atoms with Crippen LogP contribution in [0.5, 0.6) is 5.75 Å². The zero-order valence-electron chi connectivity index (χ0n) is 16.3. The second-order valence-electron chi connectivity index (χ2n) is 6.83. The zero-order valence-corrected chi connectivity index (χ0v) is 16.3. The summed E-state index contributed by atoms with van der Waals surface area (Å²) in [6, 6.07) is 1.45. The molecule has 0 unspecified atom stereocenters. The number of benzene rings is 3. The monoisotopic (exact) mass is 444 g/mol. The molecule has 0 saturated carbocycles. The fourth-order valence-electron chi connectivity index (χ4n) is 3.54. The molecule has 0 saturated heterocycles. The standard InChI is InChI=1S/C21H13BF8O/c1-8-18(13(25)6-15(27)20(8)29)22(10-4-17(31-3)12(24)5-11(10)23)19-9(2)21(30)16(28)7-14(19)26/h4-7H,1-3H3. The predicted octanol–water partition coefficient (Wildman–Crippen LogP) is 3.94. The van der Waals surface area contributed by atoms with E-state index in [0.717, 1.165) is 27.0 Å². The summed E-state index contributed by atoms with van der Waals surface area (Å²) in [4.78, 5) is 0. The quantitative estimate of drug-likeness (QED) is 0.337. The number of ether oxygens (including phenoxy) is 1. The second-order valence-corrected chi connectivity index (χ2v) is 6.83. The Balaban J connectivity index is 2.50. The van der Waals surface area contributed by atoms with Gasteiger partial charge < -0.3 is 4.74 Å². The fraction of sp³-hybridized carbons (Fsp3) is 0.143. The van der Waals surface area contributed by atoms with E-state index in [1.165, 1.54) is 0 Å². The molecule has 10 heteroatoms. The first-order chi connectivity index (χ1) is 14.5. The molecule has 0 aromatic heterocycles. The lowest BCUT2D eigenvalue weighted by Gasteiger charge is -2.22. The van der Waals surface area contributed by atoms with Crippen molar-refractivity contribution in [3.8, 4) is 5.75 Å². The zero-order chi connectivity index (χ0) is 23.2. The van der Waals surface area contributed by atoms with E-state index in [9.17, 15) is 35.1 Å². The highest BCUT2D eigenvalue weighted by Gasteiger charge is 2.36. The van der Waals surface area contributed by atoms with E-state index in [0.29, 0.717) is 6.07 Å². The molecule has 0 heterocycles. The third-order valence-corrected chi connectivity index (χ3v) is 5.07. The largest absolute Gasteiger partial charge is 0.494 e. The summed E-state index contributed by atoms with van der Waals surface area (Å²) in [5.41, 5.74) is -3.42. The van der Waals surface area contributed by atoms with Gasteiger partial charge in [0, 0.05) is 18.2 Å². The highest BCUT2D eigenvalue weighted by atomic mass is 19.2. The molecule has 0 spiro atoms. The van der Waals surface area contributed by atoms with Crippen molar-refractivity contribution < 1.29 is 39.9 Å². The highest BCUT2D eigenvalue weighted by molar-refractivity contribution is 6.96. The minimum absolute atomic E-state index is 0.163. The molecule has 0 aliphatic rings. The molecule has 0 aliphatic carbocycles. The van der Waals surface area contributed by atoms with Crippen LogP contribution in [0.2, 0.25) is 0 Å². The van der Waals surface area contributed by atoms with Gasteiger partial charge in [0.2, 0.25) is 0 Å². The lowest BCUT2D eigenvalue weighted by atomic mass is 9.35. The van der Waals surface area contributed by atoms with Crippen LogP contribution in [0.3, 0.4) is 0 Å². The van der Waals surface area contributed by atoms with Gasteiger partial charge in [-0.2, -0.15) is 0 Å². The number of rotatable bonds is 4. The van der Waals surface area contributed by atoms with Crippen molar-refractivity contribution in [1.29, 1.82) is 0 Å². The normalized spacial score (nSPS) is 11.1. The van der Waals surface area contributed by atoms with Crippen LogP contribution in [0.15, 0.2) is 24.3 Å². The molecule has 3 aromatic carbocycles. The topological polar surface area (TPSA) is 9.23 Å². The van der Waals surface area contributed by atoms with Crippen LogP contribution in [-0.2, 0) is 0 Å². The van der Waals surface area contributed by atoms with Crippen LogP contribution >= 0.6 is 0 Å². The first-order valence-electron chi connectivity index (χ1n) is 8.80. The van der Waals surface area contributed by atoms with Crippen LogP contribution in [0.4, 0.5) is 35.1 Å². The molecule has 0 bridgehead atoms. The van der Waals surface area contributed by atoms with Gasteiger partial charge in [0.1, 0.15) is 17.5 Å². The van der Waals surface area contributed by atoms with Crippen LogP contribution in [0, 0.1) is 60.4 Å². The summed E-state index contributed by atoms with van der Waals surface area (Å²) in [6.07, 6.45) is 0. The molecule has 0 amide bonds. The van der Waals surface area contributed by atoms with E-state index in [1.54, 1.807) is 0 Å². The van der Waals surface area contributed by atoms with E-state index in [4.69, 9.17) is 4.74 Å². The smallest absolute Gasteiger partial charge is 0.253 e. The van der Waals surface area contributed by atoms with Crippen molar-refractivity contribution >= 4 is 23.1 Å². The molecule has 0 aliphatic heterocycles. The van der Waals surface area contributed by atoms with Gasteiger partial charge in [-0.1, -0.05) is 0 Å². The van der Waals surface area contributed by atoms with E-state index >= 15 is 0 Å². The molecular formula is C21H13BF8O. The molecule has 3 aromatic rings. The van der Waals surface area contributed by atoms with Crippen molar-refractivity contribution in [3.63, 3.8) is 0 Å². The first-order valence-corrected chi connectivity index (χ1v) is 8.80. The summed E-state index contributed by atoms with van der Waals surface area (Å²) in [5, 5.41) is 0. The van der Waals surface area contributed by atoms with Crippen molar-refractivity contribution in [1.82, 2.24) is 0 Å². The van der Waals surface area contributed by atoms with Crippen LogP contribution < -0.4 is 21.1 Å². The van der Waals surface area contributed by atoms with Gasteiger partial charge in [-0.25, -0.2) is 35.1 Å². The predicted molar refractivity (Wildman–Crippen MR) is 99.7 cm³/mol. The van der Waals surface area contributed by atoms with Crippen molar-refractivity contribution in [2.24, 2.45) is 0 Å². The summed E-state index contributed by atoms with van der Waals surface area (Å²) in [6.45, 7) is -0.0229. The Morgan fingerprint density at radius 3 is 1.42 bits per heavy atom. The number of methoxy groups -OCH3 is 1. The van der Waals surface area contributed by atoms with E-state index in [-0.39, 0.29) is 12.1 Å². The van der Waals surface area contributed by atoms with Gasteiger partial charge >= 0.3 is 0 Å². The Bertz CT molecular complexity index is 1130. The average molecular weight is 444 g/mol. The van der Waals surface area contributed by atoms with Crippen LogP contribution in [0.1, 0.15) is 11.1 Å². The molecule has 3 rings (SSSR count). The van der Waals surface area contributed by atoms with Gasteiger partial charge in [-0.3, -0.25) is 0 Å². The third-order valence-electron chi connectivity index (χ3n) is 5.07. The summed E-state index contributed by atoms with van der Waals surface area (Å²) in [7, 11) is 1.04. The lowest BCUT2D eigenvalue weighted by molar-refractivity contribution is 0.385. The molecular weight excluding hydrogens is 431 g/mol. The molecule has 31 heavy (non-hydrogen) atoms. The number of hydrogen-bond acceptors (Lipinski definition) is 1. The van der Waals surface area contributed by atoms with E-state index in [1.807, 2.05) is 0 Å². The SMILES string of the molecule is COc1cc(B(c2c(F)cc(F)c(F)c2C)c2c(F)cc(F)c(F)c2C)c(F)cc1F. The third kappa shape index (κ3) is 3.75. The number of halogens is 8. The van der Waals surface area contributed by atoms with Gasteiger partial charge in [0.15, 0.2) is 34.8 Å². The number of hydrogen-bond donors (Lipinski definition) is 0. The second kappa shape index (κ2) is 8.24. The Kier molecular flexibility index (Phi) is 6.02. The van der Waals surface area contributed by atoms with Crippen LogP contribution in [0.25, 0.3) is 0 Å². The highest BCUT2D eigenvalue weighted by Crippen LogP contribution is 2.20. The van der Waals surface area contributed by atoms with Crippen LogP contribution in [-0.4, -0.2) is 13.8 Å². The van der Waals surface area contributed by atoms with Crippen molar-refractivity contribution in [2.45, 2.75) is 13.8 Å². The van der Waals surface area contributed by atoms with Gasteiger partial charge in [0.05, 0.1) is 7.11 Å². The molecule has 1 nitrogen and oxygen atoms in total. The molecule has 0 radical (unpaired) electrons. The summed E-state index contributed by atoms with van der Waals surface area (Å²) >= 11 is 0. The van der Waals surface area contributed by atoms with E-state index < -0.39 is 86.5 Å². The van der Waals surface area contributed by atoms with Gasteiger partial charge in [0.25, 0.3) is 6.71 Å². The Labute approximate surface area is 172 Å². The Morgan fingerprint density at radius 1 is 0.581 bits per heavy atom. The Hall–Kier alpha value is -3.04. The summed E-state index contributed by atoms with van der Waals surface area (Å²) < 4.78 is 119. The maximum absolute atomic E-state index is 14.8. The Morgan fingerprint density at radius 2 is 1.00 bits per heavy atom.